The van der Waals surface area contributed by atoms with Crippen molar-refractivity contribution >= 4 is 23.6 Å². The Morgan fingerprint density at radius 1 is 1.20 bits per heavy atom. The van der Waals surface area contributed by atoms with Crippen LogP contribution in [0.4, 0.5) is 21.0 Å². The van der Waals surface area contributed by atoms with Crippen LogP contribution in [0.25, 0.3) is 0 Å². The lowest BCUT2D eigenvalue weighted by atomic mass is 10.0. The van der Waals surface area contributed by atoms with E-state index in [2.05, 4.69) is 19.9 Å². The van der Waals surface area contributed by atoms with Crippen LogP contribution in [0.3, 0.4) is 0 Å². The number of fused-ring (bicyclic) bond motifs is 1. The molecule has 1 aromatic carbocycles. The van der Waals surface area contributed by atoms with Crippen molar-refractivity contribution in [1.82, 2.24) is 9.88 Å². The minimum Gasteiger partial charge on any atom is -0.497 e. The van der Waals surface area contributed by atoms with Crippen LogP contribution in [-0.4, -0.2) is 60.0 Å². The van der Waals surface area contributed by atoms with Gasteiger partial charge in [0.2, 0.25) is 5.88 Å². The number of piperidine rings is 1. The van der Waals surface area contributed by atoms with E-state index in [1.807, 2.05) is 29.2 Å². The molecule has 0 unspecified atom stereocenters. The number of ether oxygens (including phenoxy) is 2. The lowest BCUT2D eigenvalue weighted by Crippen LogP contribution is -2.48. The molecule has 0 aliphatic carbocycles. The minimum atomic E-state index is -1.39. The molecule has 30 heavy (non-hydrogen) atoms. The number of hydrogen-bond donors (Lipinski definition) is 2. The summed E-state index contributed by atoms with van der Waals surface area (Å²) in [5, 5.41) is 11.8. The van der Waals surface area contributed by atoms with Gasteiger partial charge < -0.3 is 29.7 Å². The summed E-state index contributed by atoms with van der Waals surface area (Å²) in [7, 11) is 1.64. The van der Waals surface area contributed by atoms with E-state index in [-0.39, 0.29) is 18.0 Å². The number of hydrogen-bond acceptors (Lipinski definition) is 6. The Bertz CT molecular complexity index is 943. The van der Waals surface area contributed by atoms with Crippen LogP contribution in [0.2, 0.25) is 0 Å². The van der Waals surface area contributed by atoms with E-state index in [1.54, 1.807) is 13.2 Å². The van der Waals surface area contributed by atoms with Crippen molar-refractivity contribution < 1.29 is 24.2 Å². The lowest BCUT2D eigenvalue weighted by Gasteiger charge is -2.38. The third kappa shape index (κ3) is 4.24. The van der Waals surface area contributed by atoms with Gasteiger partial charge >= 0.3 is 12.2 Å². The van der Waals surface area contributed by atoms with Crippen LogP contribution in [0.1, 0.15) is 18.4 Å². The Kier molecular flexibility index (Phi) is 5.60. The molecular weight excluding hydrogens is 388 g/mol. The summed E-state index contributed by atoms with van der Waals surface area (Å²) in [6, 6.07) is 9.24. The number of methoxy groups -OCH3 is 1. The Morgan fingerprint density at radius 2 is 2.00 bits per heavy atom. The van der Waals surface area contributed by atoms with E-state index in [0.29, 0.717) is 6.54 Å². The summed E-state index contributed by atoms with van der Waals surface area (Å²) in [6.07, 6.45) is 2.57. The van der Waals surface area contributed by atoms with Gasteiger partial charge in [-0.15, -0.1) is 0 Å². The molecule has 1 fully saturated rings. The number of amides is 2. The number of aromatic nitrogens is 1. The number of rotatable bonds is 4. The standard InChI is InChI=1S/C21H24N4O5/c1-29-17-2-3-18-14(12-17)5-11-25(20(26)23-18)15-6-9-24(10-7-15)16-4-8-22-19(13-16)30-21(27)28/h2-4,8,12-13,15H,5-7,9-11H2,1H3,(H,23,26)(H,27,28). The van der Waals surface area contributed by atoms with Crippen molar-refractivity contribution in [2.24, 2.45) is 0 Å². The number of nitrogens with zero attached hydrogens (tertiary/aromatic N) is 3. The highest BCUT2D eigenvalue weighted by Crippen LogP contribution is 2.29. The molecule has 2 N–H and O–H groups in total. The van der Waals surface area contributed by atoms with Gasteiger partial charge in [-0.1, -0.05) is 0 Å². The largest absolute Gasteiger partial charge is 0.512 e. The Labute approximate surface area is 174 Å². The summed E-state index contributed by atoms with van der Waals surface area (Å²) in [5.74, 6) is 0.843. The zero-order chi connectivity index (χ0) is 21.1. The molecule has 2 amide bonds. The average Bonchev–Trinajstić information content (AvgIpc) is 2.91. The van der Waals surface area contributed by atoms with E-state index >= 15 is 0 Å². The van der Waals surface area contributed by atoms with Crippen LogP contribution in [0.5, 0.6) is 11.6 Å². The Hall–Kier alpha value is -3.49. The summed E-state index contributed by atoms with van der Waals surface area (Å²) < 4.78 is 9.94. The first-order valence-corrected chi connectivity index (χ1v) is 9.90. The number of anilines is 2. The number of pyridine rings is 1. The predicted molar refractivity (Wildman–Crippen MR) is 111 cm³/mol. The van der Waals surface area contributed by atoms with Gasteiger partial charge in [0, 0.05) is 49.3 Å². The van der Waals surface area contributed by atoms with Crippen molar-refractivity contribution in [2.45, 2.75) is 25.3 Å². The predicted octanol–water partition coefficient (Wildman–Crippen LogP) is 3.21. The Balaban J connectivity index is 1.39. The molecule has 0 atom stereocenters. The van der Waals surface area contributed by atoms with Crippen molar-refractivity contribution in [3.8, 4) is 11.6 Å². The fourth-order valence-corrected chi connectivity index (χ4v) is 4.08. The molecule has 4 rings (SSSR count). The molecule has 9 heteroatoms. The summed E-state index contributed by atoms with van der Waals surface area (Å²) in [5.41, 5.74) is 2.77. The van der Waals surface area contributed by atoms with Gasteiger partial charge in [0.1, 0.15) is 5.75 Å². The molecule has 2 aliphatic heterocycles. The van der Waals surface area contributed by atoms with Gasteiger partial charge in [-0.2, -0.15) is 0 Å². The molecule has 9 nitrogen and oxygen atoms in total. The number of carbonyl (C=O) groups is 2. The zero-order valence-electron chi connectivity index (χ0n) is 16.7. The molecule has 1 aromatic heterocycles. The average molecular weight is 412 g/mol. The van der Waals surface area contributed by atoms with E-state index in [9.17, 15) is 9.59 Å². The van der Waals surface area contributed by atoms with Crippen molar-refractivity contribution in [1.29, 1.82) is 0 Å². The van der Waals surface area contributed by atoms with Crippen LogP contribution < -0.4 is 19.7 Å². The van der Waals surface area contributed by atoms with Gasteiger partial charge in [-0.25, -0.2) is 14.6 Å². The molecule has 158 valence electrons. The number of urea groups is 1. The molecule has 0 bridgehead atoms. The van der Waals surface area contributed by atoms with Gasteiger partial charge in [-0.05, 0) is 49.1 Å². The number of nitrogens with one attached hydrogen (secondary N) is 1. The fourth-order valence-electron chi connectivity index (χ4n) is 4.08. The first-order chi connectivity index (χ1) is 14.5. The number of carbonyl (C=O) groups excluding carboxylic acids is 1. The SMILES string of the molecule is COc1ccc2c(c1)CCN(C1CCN(c3ccnc(OC(=O)O)c3)CC1)C(=O)N2. The second kappa shape index (κ2) is 8.48. The monoisotopic (exact) mass is 412 g/mol. The molecule has 2 aromatic rings. The van der Waals surface area contributed by atoms with Gasteiger partial charge in [0.05, 0.1) is 7.11 Å². The van der Waals surface area contributed by atoms with Crippen molar-refractivity contribution in [3.05, 3.63) is 42.1 Å². The minimum absolute atomic E-state index is 0.0576. The second-order valence-corrected chi connectivity index (χ2v) is 7.34. The maximum absolute atomic E-state index is 12.8. The first-order valence-electron chi connectivity index (χ1n) is 9.90. The molecule has 3 heterocycles. The van der Waals surface area contributed by atoms with E-state index in [4.69, 9.17) is 9.84 Å². The summed E-state index contributed by atoms with van der Waals surface area (Å²) in [4.78, 5) is 31.5. The number of benzene rings is 1. The third-order valence-corrected chi connectivity index (χ3v) is 5.62. The molecule has 0 spiro atoms. The summed E-state index contributed by atoms with van der Waals surface area (Å²) in [6.45, 7) is 2.17. The highest BCUT2D eigenvalue weighted by molar-refractivity contribution is 5.91. The molecule has 0 radical (unpaired) electrons. The maximum Gasteiger partial charge on any atom is 0.512 e. The van der Waals surface area contributed by atoms with Gasteiger partial charge in [0.15, 0.2) is 0 Å². The normalized spacial score (nSPS) is 17.0. The lowest BCUT2D eigenvalue weighted by molar-refractivity contribution is 0.142. The van der Waals surface area contributed by atoms with E-state index in [1.165, 1.54) is 6.20 Å². The third-order valence-electron chi connectivity index (χ3n) is 5.62. The quantitative estimate of drug-likeness (QED) is 0.743. The van der Waals surface area contributed by atoms with E-state index in [0.717, 1.165) is 55.0 Å². The van der Waals surface area contributed by atoms with Crippen molar-refractivity contribution in [3.63, 3.8) is 0 Å². The highest BCUT2D eigenvalue weighted by atomic mass is 16.7. The smallest absolute Gasteiger partial charge is 0.497 e. The Morgan fingerprint density at radius 3 is 2.73 bits per heavy atom. The van der Waals surface area contributed by atoms with Crippen LogP contribution >= 0.6 is 0 Å². The molecule has 0 saturated carbocycles. The van der Waals surface area contributed by atoms with Crippen LogP contribution in [-0.2, 0) is 6.42 Å². The number of carboxylic acid groups (broad SMARTS) is 1. The fraction of sp³-hybridized carbons (Fsp3) is 0.381. The summed E-state index contributed by atoms with van der Waals surface area (Å²) >= 11 is 0. The van der Waals surface area contributed by atoms with E-state index < -0.39 is 6.16 Å². The topological polar surface area (TPSA) is 104 Å². The molecular formula is C21H24N4O5. The second-order valence-electron chi connectivity index (χ2n) is 7.34. The zero-order valence-corrected chi connectivity index (χ0v) is 16.7. The molecule has 2 aliphatic rings. The first kappa shape index (κ1) is 19.8. The van der Waals surface area contributed by atoms with Gasteiger partial charge in [0.25, 0.3) is 0 Å². The van der Waals surface area contributed by atoms with Crippen LogP contribution in [0, 0.1) is 0 Å². The van der Waals surface area contributed by atoms with Gasteiger partial charge in [-0.3, -0.25) is 0 Å². The van der Waals surface area contributed by atoms with Crippen molar-refractivity contribution in [2.75, 3.05) is 37.0 Å². The highest BCUT2D eigenvalue weighted by Gasteiger charge is 2.30. The maximum atomic E-state index is 12.8. The van der Waals surface area contributed by atoms with Crippen LogP contribution in [0.15, 0.2) is 36.5 Å². The molecule has 1 saturated heterocycles.